The van der Waals surface area contributed by atoms with E-state index in [9.17, 15) is 0 Å². The van der Waals surface area contributed by atoms with Crippen molar-refractivity contribution in [3.05, 3.63) is 29.0 Å². The number of thiophene rings is 1. The van der Waals surface area contributed by atoms with Crippen molar-refractivity contribution in [1.82, 2.24) is 9.97 Å². The predicted octanol–water partition coefficient (Wildman–Crippen LogP) is 5.69. The van der Waals surface area contributed by atoms with E-state index in [1.165, 1.54) is 30.6 Å². The molecule has 1 aliphatic carbocycles. The lowest BCUT2D eigenvalue weighted by Gasteiger charge is -2.33. The molecule has 4 heteroatoms. The van der Waals surface area contributed by atoms with Crippen LogP contribution >= 0.6 is 11.3 Å². The van der Waals surface area contributed by atoms with Crippen LogP contribution in [-0.2, 0) is 4.74 Å². The zero-order valence-electron chi connectivity index (χ0n) is 14.6. The first kappa shape index (κ1) is 16.4. The molecule has 1 aliphatic rings. The zero-order chi connectivity index (χ0) is 16.6. The Morgan fingerprint density at radius 3 is 2.70 bits per heavy atom. The lowest BCUT2D eigenvalue weighted by atomic mass is 9.73. The van der Waals surface area contributed by atoms with Crippen molar-refractivity contribution < 1.29 is 4.74 Å². The maximum Gasteiger partial charge on any atom is 0.138 e. The van der Waals surface area contributed by atoms with Crippen molar-refractivity contribution in [2.75, 3.05) is 6.61 Å². The van der Waals surface area contributed by atoms with Gasteiger partial charge < -0.3 is 4.74 Å². The molecule has 0 saturated heterocycles. The molecule has 0 atom stereocenters. The maximum atomic E-state index is 5.59. The van der Waals surface area contributed by atoms with Crippen LogP contribution in [0.1, 0.15) is 68.8 Å². The normalized spacial score (nSPS) is 18.3. The molecule has 0 spiro atoms. The monoisotopic (exact) mass is 330 g/mol. The molecule has 124 valence electrons. The van der Waals surface area contributed by atoms with Crippen LogP contribution in [0.3, 0.4) is 0 Å². The Morgan fingerprint density at radius 2 is 2.04 bits per heavy atom. The molecule has 2 aromatic heterocycles. The summed E-state index contributed by atoms with van der Waals surface area (Å²) in [4.78, 5) is 11.7. The first-order valence-electron chi connectivity index (χ1n) is 8.50. The quantitative estimate of drug-likeness (QED) is 0.675. The van der Waals surface area contributed by atoms with Crippen molar-refractivity contribution in [2.45, 2.75) is 59.3 Å². The van der Waals surface area contributed by atoms with Crippen LogP contribution in [-0.4, -0.2) is 16.6 Å². The third-order valence-corrected chi connectivity index (χ3v) is 6.04. The predicted molar refractivity (Wildman–Crippen MR) is 97.8 cm³/mol. The molecule has 2 aromatic rings. The van der Waals surface area contributed by atoms with E-state index in [1.807, 2.05) is 25.2 Å². The number of nitrogens with zero attached hydrogens (tertiary/aromatic N) is 2. The number of fused-ring (bicyclic) bond motifs is 1. The van der Waals surface area contributed by atoms with Crippen LogP contribution in [0.5, 0.6) is 0 Å². The Bertz CT molecular complexity index is 722. The fourth-order valence-corrected chi connectivity index (χ4v) is 4.63. The minimum atomic E-state index is 0.498. The van der Waals surface area contributed by atoms with Crippen LogP contribution < -0.4 is 0 Å². The SMILES string of the molecule is C=C(OCC)c1nc(C)nc2sc(C3CCC(C)(C)CC3)cc12. The van der Waals surface area contributed by atoms with Crippen LogP contribution in [0, 0.1) is 12.3 Å². The Balaban J connectivity index is 1.95. The highest BCUT2D eigenvalue weighted by Gasteiger charge is 2.29. The summed E-state index contributed by atoms with van der Waals surface area (Å²) in [6, 6.07) is 2.28. The van der Waals surface area contributed by atoms with Crippen molar-refractivity contribution in [3.63, 3.8) is 0 Å². The number of ether oxygens (including phenoxy) is 1. The standard InChI is InChI=1S/C19H26N2OS/c1-6-22-12(2)17-15-11-16(23-18(15)21-13(3)20-17)14-7-9-19(4,5)10-8-14/h11,14H,2,6-10H2,1,3-5H3. The average molecular weight is 330 g/mol. The van der Waals surface area contributed by atoms with Gasteiger partial charge in [0.05, 0.1) is 6.61 Å². The summed E-state index contributed by atoms with van der Waals surface area (Å²) in [5, 5.41) is 1.10. The van der Waals surface area contributed by atoms with Gasteiger partial charge in [0, 0.05) is 10.3 Å². The minimum Gasteiger partial charge on any atom is -0.492 e. The second-order valence-electron chi connectivity index (χ2n) is 7.28. The summed E-state index contributed by atoms with van der Waals surface area (Å²) in [5.74, 6) is 2.10. The fourth-order valence-electron chi connectivity index (χ4n) is 3.39. The van der Waals surface area contributed by atoms with Gasteiger partial charge >= 0.3 is 0 Å². The van der Waals surface area contributed by atoms with Gasteiger partial charge in [-0.15, -0.1) is 11.3 Å². The molecule has 3 rings (SSSR count). The lowest BCUT2D eigenvalue weighted by molar-refractivity contribution is 0.226. The summed E-state index contributed by atoms with van der Waals surface area (Å²) >= 11 is 1.82. The zero-order valence-corrected chi connectivity index (χ0v) is 15.4. The number of aromatic nitrogens is 2. The molecule has 1 fully saturated rings. The highest BCUT2D eigenvalue weighted by Crippen LogP contribution is 2.45. The molecule has 0 N–H and O–H groups in total. The van der Waals surface area contributed by atoms with E-state index in [4.69, 9.17) is 4.74 Å². The van der Waals surface area contributed by atoms with E-state index in [2.05, 4.69) is 36.5 Å². The summed E-state index contributed by atoms with van der Waals surface area (Å²) < 4.78 is 5.59. The molecule has 0 aliphatic heterocycles. The minimum absolute atomic E-state index is 0.498. The third kappa shape index (κ3) is 3.42. The van der Waals surface area contributed by atoms with E-state index in [0.29, 0.717) is 23.7 Å². The van der Waals surface area contributed by atoms with E-state index >= 15 is 0 Å². The van der Waals surface area contributed by atoms with Crippen LogP contribution in [0.4, 0.5) is 0 Å². The molecule has 0 bridgehead atoms. The third-order valence-electron chi connectivity index (χ3n) is 4.85. The van der Waals surface area contributed by atoms with Gasteiger partial charge in [0.15, 0.2) is 0 Å². The Labute approximate surface area is 142 Å². The Kier molecular flexibility index (Phi) is 4.45. The van der Waals surface area contributed by atoms with Gasteiger partial charge in [-0.25, -0.2) is 9.97 Å². The number of hydrogen-bond acceptors (Lipinski definition) is 4. The number of rotatable bonds is 4. The lowest BCUT2D eigenvalue weighted by Crippen LogP contribution is -2.19. The largest absolute Gasteiger partial charge is 0.492 e. The molecular formula is C19H26N2OS. The van der Waals surface area contributed by atoms with Crippen molar-refractivity contribution in [2.24, 2.45) is 5.41 Å². The van der Waals surface area contributed by atoms with Gasteiger partial charge in [0.2, 0.25) is 0 Å². The second-order valence-corrected chi connectivity index (χ2v) is 8.34. The van der Waals surface area contributed by atoms with Crippen molar-refractivity contribution in [1.29, 1.82) is 0 Å². The van der Waals surface area contributed by atoms with Gasteiger partial charge in [0.1, 0.15) is 22.1 Å². The van der Waals surface area contributed by atoms with Gasteiger partial charge in [-0.3, -0.25) is 0 Å². The topological polar surface area (TPSA) is 35.0 Å². The van der Waals surface area contributed by atoms with Crippen LogP contribution in [0.15, 0.2) is 12.6 Å². The van der Waals surface area contributed by atoms with Gasteiger partial charge in [-0.1, -0.05) is 20.4 Å². The molecule has 1 saturated carbocycles. The van der Waals surface area contributed by atoms with Gasteiger partial charge in [0.25, 0.3) is 0 Å². The summed E-state index contributed by atoms with van der Waals surface area (Å²) in [5.41, 5.74) is 1.35. The molecule has 0 radical (unpaired) electrons. The van der Waals surface area contributed by atoms with Crippen LogP contribution in [0.2, 0.25) is 0 Å². The molecule has 2 heterocycles. The molecule has 0 unspecified atom stereocenters. The van der Waals surface area contributed by atoms with Crippen molar-refractivity contribution >= 4 is 27.3 Å². The average Bonchev–Trinajstić information content (AvgIpc) is 2.90. The molecule has 0 amide bonds. The first-order chi connectivity index (χ1) is 10.9. The van der Waals surface area contributed by atoms with Crippen LogP contribution in [0.25, 0.3) is 16.0 Å². The Hall–Kier alpha value is -1.42. The molecule has 3 nitrogen and oxygen atoms in total. The highest BCUT2D eigenvalue weighted by molar-refractivity contribution is 7.18. The second kappa shape index (κ2) is 6.23. The summed E-state index contributed by atoms with van der Waals surface area (Å²) in [6.45, 7) is 13.3. The van der Waals surface area contributed by atoms with E-state index in [0.717, 1.165) is 21.7 Å². The van der Waals surface area contributed by atoms with Gasteiger partial charge in [-0.05, 0) is 56.9 Å². The van der Waals surface area contributed by atoms with E-state index in [1.54, 1.807) is 0 Å². The fraction of sp³-hybridized carbons (Fsp3) is 0.579. The number of hydrogen-bond donors (Lipinski definition) is 0. The highest BCUT2D eigenvalue weighted by atomic mass is 32.1. The van der Waals surface area contributed by atoms with Crippen molar-refractivity contribution in [3.8, 4) is 0 Å². The smallest absolute Gasteiger partial charge is 0.138 e. The van der Waals surface area contributed by atoms with Gasteiger partial charge in [-0.2, -0.15) is 0 Å². The summed E-state index contributed by atoms with van der Waals surface area (Å²) in [7, 11) is 0. The molecule has 23 heavy (non-hydrogen) atoms. The first-order valence-corrected chi connectivity index (χ1v) is 9.31. The maximum absolute atomic E-state index is 5.59. The summed E-state index contributed by atoms with van der Waals surface area (Å²) in [6.07, 6.45) is 5.15. The Morgan fingerprint density at radius 1 is 1.35 bits per heavy atom. The molecular weight excluding hydrogens is 304 g/mol. The molecule has 0 aromatic carbocycles. The van der Waals surface area contributed by atoms with E-state index < -0.39 is 0 Å². The van der Waals surface area contributed by atoms with E-state index in [-0.39, 0.29) is 0 Å². The number of aryl methyl sites for hydroxylation is 1.